The molecule has 1 heterocycles. The van der Waals surface area contributed by atoms with Crippen LogP contribution >= 0.6 is 0 Å². The van der Waals surface area contributed by atoms with Crippen molar-refractivity contribution in [1.29, 1.82) is 0 Å². The van der Waals surface area contributed by atoms with Crippen molar-refractivity contribution in [3.8, 4) is 11.4 Å². The molecule has 0 amide bonds. The minimum atomic E-state index is 0.809. The van der Waals surface area contributed by atoms with Gasteiger partial charge in [0.2, 0.25) is 6.33 Å². The van der Waals surface area contributed by atoms with E-state index in [9.17, 15) is 0 Å². The van der Waals surface area contributed by atoms with Crippen molar-refractivity contribution in [2.45, 2.75) is 0 Å². The topological polar surface area (TPSA) is 50.6 Å². The average molecular weight is 232 g/mol. The van der Waals surface area contributed by atoms with Gasteiger partial charge in [-0.05, 0) is 24.3 Å². The molecular formula is C12H14N3O2+. The Labute approximate surface area is 99.2 Å². The number of aromatic nitrogens is 2. The Bertz CT molecular complexity index is 529. The van der Waals surface area contributed by atoms with Crippen LogP contribution in [0.15, 0.2) is 41.9 Å². The highest BCUT2D eigenvalue weighted by atomic mass is 16.5. The number of benzene rings is 1. The Kier molecular flexibility index (Phi) is 3.09. The minimum Gasteiger partial charge on any atom is -0.497 e. The summed E-state index contributed by atoms with van der Waals surface area (Å²) in [6.45, 7) is 0. The number of rotatable bonds is 3. The van der Waals surface area contributed by atoms with E-state index in [1.165, 1.54) is 6.21 Å². The molecule has 1 aromatic carbocycles. The van der Waals surface area contributed by atoms with Gasteiger partial charge in [-0.2, -0.15) is 0 Å². The van der Waals surface area contributed by atoms with E-state index in [0.29, 0.717) is 0 Å². The Hall–Kier alpha value is -2.30. The number of imidazole rings is 1. The van der Waals surface area contributed by atoms with Gasteiger partial charge in [0.05, 0.1) is 14.2 Å². The zero-order valence-electron chi connectivity index (χ0n) is 9.74. The summed E-state index contributed by atoms with van der Waals surface area (Å²) in [5.41, 5.74) is 1.82. The van der Waals surface area contributed by atoms with Gasteiger partial charge in [0, 0.05) is 0 Å². The minimum absolute atomic E-state index is 0.809. The Balaban J connectivity index is 2.35. The van der Waals surface area contributed by atoms with Gasteiger partial charge in [-0.25, -0.2) is 9.13 Å². The summed E-state index contributed by atoms with van der Waals surface area (Å²) in [4.78, 5) is 0. The van der Waals surface area contributed by atoms with Crippen LogP contribution in [0.4, 0.5) is 0 Å². The van der Waals surface area contributed by atoms with Gasteiger partial charge in [0.1, 0.15) is 23.8 Å². The van der Waals surface area contributed by atoms with E-state index in [0.717, 1.165) is 17.1 Å². The second-order valence-corrected chi connectivity index (χ2v) is 3.63. The molecule has 0 fully saturated rings. The Morgan fingerprint density at radius 2 is 2.06 bits per heavy atom. The van der Waals surface area contributed by atoms with Crippen LogP contribution in [0.1, 0.15) is 5.69 Å². The van der Waals surface area contributed by atoms with E-state index in [4.69, 9.17) is 9.94 Å². The first-order valence-corrected chi connectivity index (χ1v) is 5.14. The smallest absolute Gasteiger partial charge is 0.249 e. The van der Waals surface area contributed by atoms with E-state index >= 15 is 0 Å². The van der Waals surface area contributed by atoms with Crippen molar-refractivity contribution in [3.63, 3.8) is 0 Å². The number of aryl methyl sites for hydroxylation is 1. The number of hydrogen-bond acceptors (Lipinski definition) is 3. The van der Waals surface area contributed by atoms with Crippen LogP contribution in [0.2, 0.25) is 0 Å². The molecule has 1 N–H and O–H groups in total. The van der Waals surface area contributed by atoms with Crippen molar-refractivity contribution >= 4 is 6.21 Å². The van der Waals surface area contributed by atoms with E-state index < -0.39 is 0 Å². The molecule has 0 atom stereocenters. The fourth-order valence-corrected chi connectivity index (χ4v) is 1.60. The lowest BCUT2D eigenvalue weighted by Crippen LogP contribution is -2.27. The SMILES string of the molecule is COc1ccc(-[n+]2cc(/C=N/O)n(C)c2)cc1. The normalized spacial score (nSPS) is 10.9. The summed E-state index contributed by atoms with van der Waals surface area (Å²) >= 11 is 0. The molecule has 0 saturated heterocycles. The number of ether oxygens (including phenoxy) is 1. The fraction of sp³-hybridized carbons (Fsp3) is 0.167. The monoisotopic (exact) mass is 232 g/mol. The molecular weight excluding hydrogens is 218 g/mol. The van der Waals surface area contributed by atoms with Gasteiger partial charge >= 0.3 is 0 Å². The van der Waals surface area contributed by atoms with Crippen LogP contribution in [-0.2, 0) is 7.05 Å². The number of hydrogen-bond donors (Lipinski definition) is 1. The van der Waals surface area contributed by atoms with Gasteiger partial charge < -0.3 is 9.94 Å². The Morgan fingerprint density at radius 1 is 1.35 bits per heavy atom. The van der Waals surface area contributed by atoms with E-state index in [-0.39, 0.29) is 0 Å². The van der Waals surface area contributed by atoms with Gasteiger partial charge in [0.15, 0.2) is 5.69 Å². The largest absolute Gasteiger partial charge is 0.497 e. The van der Waals surface area contributed by atoms with E-state index in [1.807, 2.05) is 53.0 Å². The summed E-state index contributed by atoms with van der Waals surface area (Å²) in [5, 5.41) is 11.5. The lowest BCUT2D eigenvalue weighted by molar-refractivity contribution is -0.595. The molecule has 5 heteroatoms. The first kappa shape index (κ1) is 11.2. The molecule has 1 aromatic heterocycles. The maximum absolute atomic E-state index is 8.52. The van der Waals surface area contributed by atoms with E-state index in [2.05, 4.69) is 5.16 Å². The average Bonchev–Trinajstić information content (AvgIpc) is 2.72. The molecule has 0 aliphatic rings. The maximum Gasteiger partial charge on any atom is 0.249 e. The molecule has 5 nitrogen and oxygen atoms in total. The lowest BCUT2D eigenvalue weighted by Gasteiger charge is -1.99. The third-order valence-corrected chi connectivity index (χ3v) is 2.54. The molecule has 2 rings (SSSR count). The highest BCUT2D eigenvalue weighted by molar-refractivity contribution is 5.75. The van der Waals surface area contributed by atoms with Crippen molar-refractivity contribution in [1.82, 2.24) is 4.57 Å². The number of nitrogens with zero attached hydrogens (tertiary/aromatic N) is 3. The third-order valence-electron chi connectivity index (χ3n) is 2.54. The Morgan fingerprint density at radius 3 is 2.65 bits per heavy atom. The molecule has 17 heavy (non-hydrogen) atoms. The van der Waals surface area contributed by atoms with Gasteiger partial charge in [-0.3, -0.25) is 0 Å². The van der Waals surface area contributed by atoms with Crippen molar-refractivity contribution in [2.24, 2.45) is 12.2 Å². The molecule has 0 aliphatic carbocycles. The first-order chi connectivity index (χ1) is 8.24. The summed E-state index contributed by atoms with van der Waals surface area (Å²) in [6.07, 6.45) is 5.17. The number of methoxy groups -OCH3 is 1. The highest BCUT2D eigenvalue weighted by Crippen LogP contribution is 2.11. The third kappa shape index (κ3) is 2.28. The first-order valence-electron chi connectivity index (χ1n) is 5.14. The van der Waals surface area contributed by atoms with Crippen LogP contribution < -0.4 is 9.30 Å². The zero-order chi connectivity index (χ0) is 12.3. The molecule has 0 spiro atoms. The quantitative estimate of drug-likeness (QED) is 0.373. The van der Waals surface area contributed by atoms with Crippen molar-refractivity contribution in [2.75, 3.05) is 7.11 Å². The molecule has 88 valence electrons. The molecule has 0 bridgehead atoms. The van der Waals surface area contributed by atoms with Crippen LogP contribution in [0, 0.1) is 0 Å². The van der Waals surface area contributed by atoms with Crippen molar-refractivity contribution < 1.29 is 14.5 Å². The van der Waals surface area contributed by atoms with Gasteiger partial charge in [-0.15, -0.1) is 0 Å². The lowest BCUT2D eigenvalue weighted by atomic mass is 10.3. The highest BCUT2D eigenvalue weighted by Gasteiger charge is 2.10. The van der Waals surface area contributed by atoms with Crippen LogP contribution in [-0.4, -0.2) is 23.1 Å². The molecule has 2 aromatic rings. The standard InChI is InChI=1S/C12H13N3O2/c1-14-9-15(8-11(14)7-13-16)10-3-5-12(17-2)6-4-10/h3-9H,1-2H3/p+1/b13-7+. The molecule has 0 unspecified atom stereocenters. The second kappa shape index (κ2) is 4.69. The van der Waals surface area contributed by atoms with Crippen LogP contribution in [0.5, 0.6) is 5.75 Å². The maximum atomic E-state index is 8.52. The molecule has 0 saturated carbocycles. The molecule has 0 radical (unpaired) electrons. The van der Waals surface area contributed by atoms with E-state index in [1.54, 1.807) is 7.11 Å². The summed E-state index contributed by atoms with van der Waals surface area (Å²) < 4.78 is 8.91. The van der Waals surface area contributed by atoms with Crippen LogP contribution in [0.25, 0.3) is 5.69 Å². The van der Waals surface area contributed by atoms with Crippen molar-refractivity contribution in [3.05, 3.63) is 42.5 Å². The summed E-state index contributed by atoms with van der Waals surface area (Å²) in [7, 11) is 3.53. The van der Waals surface area contributed by atoms with Crippen LogP contribution in [0.3, 0.4) is 0 Å². The number of oxime groups is 1. The fourth-order valence-electron chi connectivity index (χ4n) is 1.60. The van der Waals surface area contributed by atoms with Gasteiger partial charge in [-0.1, -0.05) is 5.16 Å². The van der Waals surface area contributed by atoms with Gasteiger partial charge in [0.25, 0.3) is 0 Å². The molecule has 0 aliphatic heterocycles. The predicted molar refractivity (Wildman–Crippen MR) is 62.9 cm³/mol. The summed E-state index contributed by atoms with van der Waals surface area (Å²) in [6, 6.07) is 7.71. The second-order valence-electron chi connectivity index (χ2n) is 3.63. The zero-order valence-corrected chi connectivity index (χ0v) is 9.74. The predicted octanol–water partition coefficient (Wildman–Crippen LogP) is 1.12. The summed E-state index contributed by atoms with van der Waals surface area (Å²) in [5.74, 6) is 0.822.